The lowest BCUT2D eigenvalue weighted by molar-refractivity contribution is 0.0109. The fourth-order valence-electron chi connectivity index (χ4n) is 4.78. The number of thioether (sulfide) groups is 1. The summed E-state index contributed by atoms with van der Waals surface area (Å²) in [7, 11) is -1.37. The molecular weight excluding hydrogens is 606 g/mol. The Kier molecular flexibility index (Phi) is 8.71. The van der Waals surface area contributed by atoms with E-state index in [-0.39, 0.29) is 23.4 Å². The highest BCUT2D eigenvalue weighted by atomic mass is 79.9. The summed E-state index contributed by atoms with van der Waals surface area (Å²) in [6.45, 7) is 12.1. The number of imidazole rings is 1. The lowest BCUT2D eigenvalue weighted by Gasteiger charge is -2.39. The number of halogens is 3. The van der Waals surface area contributed by atoms with Crippen LogP contribution in [0.2, 0.25) is 25.7 Å². The number of carbonyl (C=O) groups is 1. The summed E-state index contributed by atoms with van der Waals surface area (Å²) in [6.07, 6.45) is 5.20. The van der Waals surface area contributed by atoms with Crippen LogP contribution in [0.1, 0.15) is 32.8 Å². The molecule has 1 fully saturated rings. The molecule has 12 heteroatoms. The number of alkyl halides is 1. The first-order valence-corrected chi connectivity index (χ1v) is 18.3. The molecule has 7 nitrogen and oxygen atoms in total. The minimum absolute atomic E-state index is 0.0968. The minimum atomic E-state index is -1.51. The van der Waals surface area contributed by atoms with Crippen LogP contribution in [-0.2, 0) is 21.6 Å². The van der Waals surface area contributed by atoms with Crippen molar-refractivity contribution in [3.8, 4) is 0 Å². The first-order valence-electron chi connectivity index (χ1n) is 13.0. The molecule has 214 valence electrons. The highest BCUT2D eigenvalue weighted by molar-refractivity contribution is 9.10. The molecule has 0 unspecified atom stereocenters. The number of carbonyl (C=O) groups excluding carboxylic acids is 1. The molecule has 0 saturated heterocycles. The van der Waals surface area contributed by atoms with E-state index in [9.17, 15) is 4.79 Å². The van der Waals surface area contributed by atoms with Crippen molar-refractivity contribution in [1.29, 1.82) is 0 Å². The molecule has 2 heterocycles. The van der Waals surface area contributed by atoms with Gasteiger partial charge in [0, 0.05) is 54.3 Å². The zero-order chi connectivity index (χ0) is 28.6. The molecule has 0 N–H and O–H groups in total. The Hall–Kier alpha value is -1.76. The van der Waals surface area contributed by atoms with Gasteiger partial charge in [0.05, 0.1) is 6.33 Å². The minimum Gasteiger partial charge on any atom is -0.443 e. The number of fused-ring (bicyclic) bond motifs is 1. The molecule has 39 heavy (non-hydrogen) atoms. The van der Waals surface area contributed by atoms with Crippen LogP contribution in [0.15, 0.2) is 46.4 Å². The average molecular weight is 644 g/mol. The van der Waals surface area contributed by atoms with Gasteiger partial charge in [-0.15, -0.1) is 0 Å². The fourth-order valence-corrected chi connectivity index (χ4v) is 7.51. The maximum absolute atomic E-state index is 15.3. The molecule has 1 amide bonds. The van der Waals surface area contributed by atoms with Crippen molar-refractivity contribution in [3.63, 3.8) is 0 Å². The predicted octanol–water partition coefficient (Wildman–Crippen LogP) is 7.06. The fraction of sp³-hybridized carbons (Fsp3) is 0.593. The van der Waals surface area contributed by atoms with Gasteiger partial charge in [-0.2, -0.15) is 0 Å². The molecule has 1 aromatic carbocycles. The Morgan fingerprint density at radius 2 is 2.08 bits per heavy atom. The maximum Gasteiger partial charge on any atom is 0.418 e. The van der Waals surface area contributed by atoms with Gasteiger partial charge in [0.2, 0.25) is 0 Å². The van der Waals surface area contributed by atoms with E-state index in [0.717, 1.165) is 6.04 Å². The van der Waals surface area contributed by atoms with E-state index in [1.807, 2.05) is 10.8 Å². The zero-order valence-corrected chi connectivity index (χ0v) is 26.7. The van der Waals surface area contributed by atoms with Crippen LogP contribution >= 0.6 is 27.7 Å². The topological polar surface area (TPSA) is 68.9 Å². The number of aromatic nitrogens is 2. The average Bonchev–Trinajstić information content (AvgIpc) is 3.31. The number of amides is 1. The van der Waals surface area contributed by atoms with Crippen molar-refractivity contribution in [2.24, 2.45) is 10.9 Å². The Morgan fingerprint density at radius 1 is 1.33 bits per heavy atom. The number of hydrogen-bond acceptors (Lipinski definition) is 6. The highest BCUT2D eigenvalue weighted by Crippen LogP contribution is 2.67. The smallest absolute Gasteiger partial charge is 0.418 e. The number of nitrogens with zero attached hydrogens (tertiary/aromatic N) is 4. The van der Waals surface area contributed by atoms with Crippen LogP contribution in [0.5, 0.6) is 0 Å². The summed E-state index contributed by atoms with van der Waals surface area (Å²) in [5, 5.41) is 0.267. The van der Waals surface area contributed by atoms with Crippen molar-refractivity contribution in [2.75, 3.05) is 20.0 Å². The number of aliphatic imine (C=N–C) groups is 1. The monoisotopic (exact) mass is 642 g/mol. The quantitative estimate of drug-likeness (QED) is 0.166. The summed E-state index contributed by atoms with van der Waals surface area (Å²) in [5.74, 6) is -0.826. The molecule has 0 spiro atoms. The lowest BCUT2D eigenvalue weighted by Crippen LogP contribution is -2.47. The molecule has 1 saturated carbocycles. The Balaban J connectivity index is 1.77. The summed E-state index contributed by atoms with van der Waals surface area (Å²) < 4.78 is 44.4. The maximum atomic E-state index is 15.3. The molecule has 0 bridgehead atoms. The first-order chi connectivity index (χ1) is 18.2. The predicted molar refractivity (Wildman–Crippen MR) is 157 cm³/mol. The summed E-state index contributed by atoms with van der Waals surface area (Å²) in [6, 6.07) is 5.41. The molecular formula is C27H37BrF2N4O3SSi. The second-order valence-electron chi connectivity index (χ2n) is 12.5. The normalized spacial score (nSPS) is 24.6. The SMILES string of the molecule is CC(C)(C)OC(=O)N(COCC[Si](C)(C)C)C1=N[C@](CF)(c2cc(Br)ccc2F)[C@@H]2C[C@]2(Cn2ccnc2)S1. The first kappa shape index (κ1) is 30.2. The zero-order valence-electron chi connectivity index (χ0n) is 23.3. The van der Waals surface area contributed by atoms with Crippen LogP contribution in [0.25, 0.3) is 0 Å². The van der Waals surface area contributed by atoms with E-state index in [1.54, 1.807) is 45.4 Å². The molecule has 0 radical (unpaired) electrons. The third-order valence-electron chi connectivity index (χ3n) is 6.86. The number of hydrogen-bond donors (Lipinski definition) is 0. The largest absolute Gasteiger partial charge is 0.443 e. The van der Waals surface area contributed by atoms with E-state index in [4.69, 9.17) is 14.5 Å². The summed E-state index contributed by atoms with van der Waals surface area (Å²) >= 11 is 4.82. The van der Waals surface area contributed by atoms with Gasteiger partial charge < -0.3 is 14.0 Å². The van der Waals surface area contributed by atoms with Gasteiger partial charge >= 0.3 is 6.09 Å². The Morgan fingerprint density at radius 3 is 2.69 bits per heavy atom. The van der Waals surface area contributed by atoms with Crippen LogP contribution in [0.3, 0.4) is 0 Å². The number of ether oxygens (including phenoxy) is 2. The molecule has 1 aliphatic carbocycles. The molecule has 3 atom stereocenters. The van der Waals surface area contributed by atoms with E-state index >= 15 is 8.78 Å². The van der Waals surface area contributed by atoms with Crippen molar-refractivity contribution < 1.29 is 23.0 Å². The Labute approximate surface area is 242 Å². The molecule has 2 aliphatic rings. The summed E-state index contributed by atoms with van der Waals surface area (Å²) in [4.78, 5) is 23.8. The van der Waals surface area contributed by atoms with Gasteiger partial charge in [0.25, 0.3) is 0 Å². The second kappa shape index (κ2) is 11.3. The number of amidine groups is 1. The van der Waals surface area contributed by atoms with Gasteiger partial charge in [-0.25, -0.2) is 28.5 Å². The Bertz CT molecular complexity index is 1220. The van der Waals surface area contributed by atoms with Gasteiger partial charge in [-0.3, -0.25) is 0 Å². The highest BCUT2D eigenvalue weighted by Gasteiger charge is 2.69. The molecule has 1 aliphatic heterocycles. The van der Waals surface area contributed by atoms with Crippen molar-refractivity contribution in [2.45, 2.75) is 75.3 Å². The standard InChI is InChI=1S/C27H37BrF2N4O3SSi/c1-25(2,3)37-24(35)34(18-36-11-12-39(4,5)6)23-32-27(15-29,20-13-19(28)7-8-21(20)30)22-14-26(22,38-23)16-33-10-9-31-17-33/h7-10,13,17,22H,11-12,14-16,18H2,1-6H3/t22-,26-,27-/m1/s1. The molecule has 2 aromatic rings. The number of rotatable bonds is 9. The van der Waals surface area contributed by atoms with Gasteiger partial charge in [0.15, 0.2) is 5.17 Å². The number of benzene rings is 1. The van der Waals surface area contributed by atoms with Gasteiger partial charge in [-0.1, -0.05) is 47.3 Å². The van der Waals surface area contributed by atoms with Crippen molar-refractivity contribution >= 4 is 47.0 Å². The van der Waals surface area contributed by atoms with Crippen LogP contribution in [0, 0.1) is 11.7 Å². The lowest BCUT2D eigenvalue weighted by atomic mass is 9.85. The van der Waals surface area contributed by atoms with E-state index in [1.165, 1.54) is 22.7 Å². The third kappa shape index (κ3) is 6.94. The molecule has 1 aromatic heterocycles. The second-order valence-corrected chi connectivity index (χ2v) is 20.4. The van der Waals surface area contributed by atoms with Gasteiger partial charge in [0.1, 0.15) is 30.4 Å². The van der Waals surface area contributed by atoms with Crippen molar-refractivity contribution in [3.05, 3.63) is 52.8 Å². The van der Waals surface area contributed by atoms with Gasteiger partial charge in [-0.05, 0) is 51.4 Å². The van der Waals surface area contributed by atoms with E-state index in [0.29, 0.717) is 24.0 Å². The summed E-state index contributed by atoms with van der Waals surface area (Å²) in [5.41, 5.74) is -2.11. The molecule has 4 rings (SSSR count). The third-order valence-corrected chi connectivity index (χ3v) is 10.5. The van der Waals surface area contributed by atoms with Crippen LogP contribution < -0.4 is 0 Å². The van der Waals surface area contributed by atoms with Crippen LogP contribution in [-0.4, -0.2) is 64.1 Å². The van der Waals surface area contributed by atoms with Crippen molar-refractivity contribution in [1.82, 2.24) is 14.5 Å². The van der Waals surface area contributed by atoms with Crippen LogP contribution in [0.4, 0.5) is 13.6 Å². The van der Waals surface area contributed by atoms with E-state index in [2.05, 4.69) is 40.6 Å². The van der Waals surface area contributed by atoms with E-state index < -0.39 is 42.5 Å².